The molecule has 8 aromatic rings. The minimum atomic E-state index is -1.89. The minimum Gasteiger partial charge on any atom is -0.394 e. The standard InChI is InChI=1S/C89H106Cl3N17O13/c1-52(2)41-71(79(112)102-70(22-9-10-39-95-53(3)4)87(120)109-40-14-23-78(109)86(119)96-54(5)93)103-81(114)74(44-57-27-34-66(35-28-57)98-88(121)100-68-20-11-18-64(91)48-68)105-83(116)75(45-58-29-36-67(37-30-58)99-89(122)101-69-21-12-19-65(92)49-69)107-85(118)77(51-110)108-84(117)76(47-60-15-13-38-94-50-60)106-82(115)73(43-56-25-32-63(90)33-26-56)104-80(113)72(97-55(6)111)46-59-24-31-61-16-7-8-17-62(61)42-59/h7-8,11-13,15-21,24-38,42,48-50,52-54,70-78,95,110H,9-10,14,22-23,39-41,43-47,51,93H2,1-6H3,(H,96,119)(H,97,111)(H,102,112)(H,103,114)(H,104,113)(H,105,116)(H,106,115)(H,107,118)(H,108,117)(H2,98,100,121)(H2,99,101,122)/t54-,70+,71+,72-,73-,74-,75+,76-,77+,78+/m1/s1. The van der Waals surface area contributed by atoms with E-state index in [0.717, 1.165) is 10.8 Å². The van der Waals surface area contributed by atoms with Crippen LogP contribution in [0.25, 0.3) is 10.8 Å². The highest BCUT2D eigenvalue weighted by molar-refractivity contribution is 6.31. The molecule has 33 heteroatoms. The van der Waals surface area contributed by atoms with E-state index >= 15 is 28.8 Å². The third kappa shape index (κ3) is 30.3. The number of urea groups is 2. The summed E-state index contributed by atoms with van der Waals surface area (Å²) in [4.78, 5) is 179. The number of fused-ring (bicyclic) bond motifs is 1. The third-order valence-electron chi connectivity index (χ3n) is 19.9. The van der Waals surface area contributed by atoms with Crippen LogP contribution in [-0.2, 0) is 80.0 Å². The topological polar surface area (TPSA) is 436 Å². The first-order chi connectivity index (χ1) is 58.4. The molecule has 0 bridgehead atoms. The molecule has 1 aliphatic rings. The van der Waals surface area contributed by atoms with Gasteiger partial charge in [0.2, 0.25) is 59.1 Å². The zero-order valence-electron chi connectivity index (χ0n) is 68.7. The number of nitrogens with zero attached hydrogens (tertiary/aromatic N) is 2. The number of hydrogen-bond acceptors (Lipinski definition) is 16. The molecule has 0 aliphatic carbocycles. The summed E-state index contributed by atoms with van der Waals surface area (Å²) in [5.41, 5.74) is 9.79. The molecule has 7 aromatic carbocycles. The number of carbonyl (C=O) groups is 12. The number of aliphatic hydroxyl groups is 1. The van der Waals surface area contributed by atoms with E-state index in [1.54, 1.807) is 128 Å². The van der Waals surface area contributed by atoms with Gasteiger partial charge in [-0.25, -0.2) is 9.59 Å². The third-order valence-corrected chi connectivity index (χ3v) is 20.6. The molecular formula is C89H106Cl3N17O13. The van der Waals surface area contributed by atoms with Crippen molar-refractivity contribution >= 4 is 139 Å². The Bertz CT molecular complexity index is 4940. The van der Waals surface area contributed by atoms with Gasteiger partial charge in [-0.2, -0.15) is 0 Å². The van der Waals surface area contributed by atoms with Crippen molar-refractivity contribution in [2.45, 2.75) is 179 Å². The number of nitrogens with two attached hydrogens (primary N) is 1. The molecular weight excluding hydrogens is 1620 g/mol. The number of rotatable bonds is 41. The molecule has 122 heavy (non-hydrogen) atoms. The van der Waals surface area contributed by atoms with E-state index in [1.165, 1.54) is 36.4 Å². The van der Waals surface area contributed by atoms with Crippen LogP contribution in [0.3, 0.4) is 0 Å². The molecule has 1 saturated heterocycles. The van der Waals surface area contributed by atoms with Gasteiger partial charge in [0.25, 0.3) is 0 Å². The fourth-order valence-corrected chi connectivity index (χ4v) is 14.4. The highest BCUT2D eigenvalue weighted by Crippen LogP contribution is 2.25. The average molecular weight is 1730 g/mol. The first-order valence-electron chi connectivity index (χ1n) is 40.5. The van der Waals surface area contributed by atoms with E-state index in [1.807, 2.05) is 70.2 Å². The fourth-order valence-electron chi connectivity index (χ4n) is 13.9. The highest BCUT2D eigenvalue weighted by atomic mass is 35.5. The van der Waals surface area contributed by atoms with Gasteiger partial charge in [0.15, 0.2) is 0 Å². The lowest BCUT2D eigenvalue weighted by Crippen LogP contribution is -2.62. The molecule has 1 aliphatic heterocycles. The van der Waals surface area contributed by atoms with Crippen molar-refractivity contribution < 1.29 is 62.6 Å². The van der Waals surface area contributed by atoms with E-state index in [-0.39, 0.29) is 63.5 Å². The second kappa shape index (κ2) is 46.7. The Labute approximate surface area is 723 Å². The molecule has 1 aromatic heterocycles. The van der Waals surface area contributed by atoms with Gasteiger partial charge in [0, 0.05) is 102 Å². The Balaban J connectivity index is 1.02. The van der Waals surface area contributed by atoms with Crippen LogP contribution in [0, 0.1) is 5.92 Å². The number of amides is 14. The van der Waals surface area contributed by atoms with E-state index in [2.05, 4.69) is 79.4 Å². The maximum absolute atomic E-state index is 15.6. The molecule has 2 heterocycles. The normalized spacial score (nSPS) is 14.6. The van der Waals surface area contributed by atoms with Gasteiger partial charge in [-0.15, -0.1) is 0 Å². The number of anilines is 4. The number of likely N-dealkylation sites (tertiary alicyclic amines) is 1. The van der Waals surface area contributed by atoms with Crippen LogP contribution in [0.1, 0.15) is 108 Å². The zero-order chi connectivity index (χ0) is 87.9. The lowest BCUT2D eigenvalue weighted by Gasteiger charge is -2.31. The summed E-state index contributed by atoms with van der Waals surface area (Å²) in [6.45, 7) is 10.2. The predicted octanol–water partition coefficient (Wildman–Crippen LogP) is 8.51. The number of aromatic nitrogens is 1. The molecule has 17 N–H and O–H groups in total. The van der Waals surface area contributed by atoms with Crippen LogP contribution in [-0.4, -0.2) is 172 Å². The van der Waals surface area contributed by atoms with Crippen LogP contribution in [0.5, 0.6) is 0 Å². The summed E-state index contributed by atoms with van der Waals surface area (Å²) in [7, 11) is 0. The molecule has 0 spiro atoms. The lowest BCUT2D eigenvalue weighted by atomic mass is 9.99. The molecule has 14 amide bonds. The summed E-state index contributed by atoms with van der Waals surface area (Å²) in [6.07, 6.45) is 3.27. The quantitative estimate of drug-likeness (QED) is 0.0126. The van der Waals surface area contributed by atoms with Crippen LogP contribution in [0.4, 0.5) is 32.3 Å². The van der Waals surface area contributed by atoms with Crippen molar-refractivity contribution in [1.82, 2.24) is 63.1 Å². The molecule has 9 rings (SSSR count). The van der Waals surface area contributed by atoms with Crippen LogP contribution in [0.15, 0.2) is 188 Å². The van der Waals surface area contributed by atoms with Crippen molar-refractivity contribution in [2.24, 2.45) is 11.7 Å². The maximum atomic E-state index is 15.6. The molecule has 0 unspecified atom stereocenters. The maximum Gasteiger partial charge on any atom is 0.323 e. The van der Waals surface area contributed by atoms with Gasteiger partial charge < -0.3 is 90.2 Å². The number of pyridine rings is 1. The Kier molecular flexibility index (Phi) is 35.9. The summed E-state index contributed by atoms with van der Waals surface area (Å²) >= 11 is 18.7. The number of nitrogens with one attached hydrogen (secondary N) is 14. The first-order valence-corrected chi connectivity index (χ1v) is 41.6. The number of benzene rings is 7. The highest BCUT2D eigenvalue weighted by Gasteiger charge is 2.40. The second-order valence-electron chi connectivity index (χ2n) is 30.8. The first kappa shape index (κ1) is 93.8. The van der Waals surface area contributed by atoms with E-state index < -0.39 is 138 Å². The van der Waals surface area contributed by atoms with E-state index in [9.17, 15) is 33.9 Å². The Hall–Kier alpha value is -12.1. The number of aliphatic hydroxyl groups excluding tert-OH is 1. The van der Waals surface area contributed by atoms with Gasteiger partial charge in [-0.3, -0.25) is 52.9 Å². The zero-order valence-corrected chi connectivity index (χ0v) is 70.9. The van der Waals surface area contributed by atoms with Gasteiger partial charge in [-0.1, -0.05) is 160 Å². The summed E-state index contributed by atoms with van der Waals surface area (Å²) in [6, 6.07) is 34.4. The fraction of sp³-hybridized carbons (Fsp3) is 0.360. The molecule has 10 atom stereocenters. The monoisotopic (exact) mass is 1730 g/mol. The van der Waals surface area contributed by atoms with E-state index in [4.69, 9.17) is 40.5 Å². The summed E-state index contributed by atoms with van der Waals surface area (Å²) < 4.78 is 0. The number of hydrogen-bond donors (Lipinski definition) is 16. The number of unbranched alkanes of at least 4 members (excludes halogenated alkanes) is 1. The molecule has 30 nitrogen and oxygen atoms in total. The van der Waals surface area contributed by atoms with Crippen molar-refractivity contribution in [3.63, 3.8) is 0 Å². The Morgan fingerprint density at radius 3 is 1.36 bits per heavy atom. The predicted molar refractivity (Wildman–Crippen MR) is 470 cm³/mol. The number of carbonyl (C=O) groups excluding carboxylic acids is 12. The van der Waals surface area contributed by atoms with Gasteiger partial charge in [0.1, 0.15) is 54.4 Å². The molecule has 646 valence electrons. The van der Waals surface area contributed by atoms with Crippen molar-refractivity contribution in [3.05, 3.63) is 231 Å². The minimum absolute atomic E-state index is 0.0132. The van der Waals surface area contributed by atoms with Gasteiger partial charge in [-0.05, 0) is 175 Å². The Morgan fingerprint density at radius 2 is 0.885 bits per heavy atom. The summed E-state index contributed by atoms with van der Waals surface area (Å²) in [5, 5.41) is 53.2. The Morgan fingerprint density at radius 1 is 0.443 bits per heavy atom. The van der Waals surface area contributed by atoms with Crippen molar-refractivity contribution in [2.75, 3.05) is 41.0 Å². The van der Waals surface area contributed by atoms with Crippen LogP contribution >= 0.6 is 34.8 Å². The van der Waals surface area contributed by atoms with Crippen LogP contribution < -0.4 is 80.2 Å². The van der Waals surface area contributed by atoms with Gasteiger partial charge in [0.05, 0.1) is 12.8 Å². The van der Waals surface area contributed by atoms with Crippen molar-refractivity contribution in [3.8, 4) is 0 Å². The summed E-state index contributed by atoms with van der Waals surface area (Å²) in [5.74, 6) is -8.20. The average Bonchev–Trinajstić information content (AvgIpc) is 1.47. The second-order valence-corrected chi connectivity index (χ2v) is 32.2. The smallest absolute Gasteiger partial charge is 0.323 e. The largest absolute Gasteiger partial charge is 0.394 e. The van der Waals surface area contributed by atoms with Crippen molar-refractivity contribution in [1.29, 1.82) is 0 Å². The molecule has 1 fully saturated rings. The molecule has 0 radical (unpaired) electrons. The number of halogens is 3. The lowest BCUT2D eigenvalue weighted by molar-refractivity contribution is -0.142. The molecule has 0 saturated carbocycles. The SMILES string of the molecule is CC(=O)N[C@H](Cc1ccc2ccccc2c1)C(=O)N[C@H](Cc1ccc(Cl)cc1)C(=O)N[C@H](Cc1cccnc1)C(=O)N[C@@H](CO)C(=O)N[C@@H](Cc1ccc(NC(=O)Nc2cccc(Cl)c2)cc1)C(=O)N[C@H](Cc1ccc(NC(=O)Nc2cccc(Cl)c2)cc1)C(=O)N[C@@H](CC(C)C)C(=O)N[C@@H](CCCCNC(C)C)C(=O)N1CCC[C@H]1C(=O)N[C@H](C)N. The van der Waals surface area contributed by atoms with Gasteiger partial charge >= 0.3 is 12.1 Å². The van der Waals surface area contributed by atoms with E-state index in [0.29, 0.717) is 97.9 Å². The van der Waals surface area contributed by atoms with Crippen LogP contribution in [0.2, 0.25) is 15.1 Å².